The highest BCUT2D eigenvalue weighted by Gasteiger charge is 2.09. The summed E-state index contributed by atoms with van der Waals surface area (Å²) in [6, 6.07) is 8.69. The van der Waals surface area contributed by atoms with Crippen LogP contribution in [-0.4, -0.2) is 4.57 Å². The Morgan fingerprint density at radius 3 is 2.67 bits per heavy atom. The van der Waals surface area contributed by atoms with Gasteiger partial charge in [-0.25, -0.2) is 0 Å². The lowest BCUT2D eigenvalue weighted by Gasteiger charge is -2.07. The lowest BCUT2D eigenvalue weighted by atomic mass is 9.99. The second-order valence-corrected chi connectivity index (χ2v) is 4.33. The van der Waals surface area contributed by atoms with E-state index in [1.807, 2.05) is 0 Å². The minimum absolute atomic E-state index is 0.557. The van der Waals surface area contributed by atoms with Gasteiger partial charge >= 0.3 is 0 Å². The SMILES string of the molecule is CC(C)c1cccc2c1cc(CN)n2C. The van der Waals surface area contributed by atoms with Crippen LogP contribution in [0.2, 0.25) is 0 Å². The molecule has 0 spiro atoms. The maximum Gasteiger partial charge on any atom is 0.0483 e. The van der Waals surface area contributed by atoms with Crippen LogP contribution in [0, 0.1) is 0 Å². The van der Waals surface area contributed by atoms with Crippen molar-refractivity contribution in [3.63, 3.8) is 0 Å². The molecular formula is C13H18N2. The average Bonchev–Trinajstić information content (AvgIpc) is 2.55. The van der Waals surface area contributed by atoms with E-state index >= 15 is 0 Å². The molecule has 0 saturated heterocycles. The van der Waals surface area contributed by atoms with Crippen LogP contribution in [0.15, 0.2) is 24.3 Å². The number of rotatable bonds is 2. The first-order valence-electron chi connectivity index (χ1n) is 5.42. The van der Waals surface area contributed by atoms with E-state index < -0.39 is 0 Å². The van der Waals surface area contributed by atoms with Gasteiger partial charge in [-0.2, -0.15) is 0 Å². The van der Waals surface area contributed by atoms with E-state index in [-0.39, 0.29) is 0 Å². The van der Waals surface area contributed by atoms with Crippen molar-refractivity contribution < 1.29 is 0 Å². The monoisotopic (exact) mass is 202 g/mol. The number of benzene rings is 1. The van der Waals surface area contributed by atoms with E-state index in [0.29, 0.717) is 12.5 Å². The van der Waals surface area contributed by atoms with Crippen molar-refractivity contribution in [1.29, 1.82) is 0 Å². The molecular weight excluding hydrogens is 184 g/mol. The summed E-state index contributed by atoms with van der Waals surface area (Å²) >= 11 is 0. The zero-order valence-corrected chi connectivity index (χ0v) is 9.62. The van der Waals surface area contributed by atoms with E-state index in [9.17, 15) is 0 Å². The van der Waals surface area contributed by atoms with Gasteiger partial charge in [-0.15, -0.1) is 0 Å². The van der Waals surface area contributed by atoms with E-state index in [0.717, 1.165) is 0 Å². The lowest BCUT2D eigenvalue weighted by molar-refractivity contribution is 0.849. The molecule has 0 atom stereocenters. The van der Waals surface area contributed by atoms with Gasteiger partial charge in [-0.3, -0.25) is 0 Å². The maximum atomic E-state index is 5.72. The molecule has 2 aromatic rings. The molecule has 1 aromatic carbocycles. The van der Waals surface area contributed by atoms with Crippen LogP contribution in [0.4, 0.5) is 0 Å². The summed E-state index contributed by atoms with van der Waals surface area (Å²) in [5.74, 6) is 0.557. The molecule has 0 bridgehead atoms. The predicted molar refractivity (Wildman–Crippen MR) is 64.9 cm³/mol. The second kappa shape index (κ2) is 3.70. The number of hydrogen-bond acceptors (Lipinski definition) is 1. The van der Waals surface area contributed by atoms with Crippen LogP contribution >= 0.6 is 0 Å². The standard InChI is InChI=1S/C13H18N2/c1-9(2)11-5-4-6-13-12(11)7-10(8-14)15(13)3/h4-7,9H,8,14H2,1-3H3. The highest BCUT2D eigenvalue weighted by atomic mass is 15.0. The summed E-state index contributed by atoms with van der Waals surface area (Å²) in [5, 5.41) is 1.34. The fourth-order valence-electron chi connectivity index (χ4n) is 2.14. The average molecular weight is 202 g/mol. The zero-order chi connectivity index (χ0) is 11.0. The molecule has 80 valence electrons. The normalized spacial score (nSPS) is 11.5. The predicted octanol–water partition coefficient (Wildman–Crippen LogP) is 2.76. The van der Waals surface area contributed by atoms with Crippen molar-refractivity contribution >= 4 is 10.9 Å². The third-order valence-electron chi connectivity index (χ3n) is 3.05. The van der Waals surface area contributed by atoms with Gasteiger partial charge in [0.25, 0.3) is 0 Å². The van der Waals surface area contributed by atoms with Gasteiger partial charge in [-0.1, -0.05) is 26.0 Å². The first kappa shape index (κ1) is 10.2. The molecule has 0 amide bonds. The first-order chi connectivity index (χ1) is 7.15. The number of fused-ring (bicyclic) bond motifs is 1. The van der Waals surface area contributed by atoms with E-state index in [1.165, 1.54) is 22.2 Å². The number of nitrogens with two attached hydrogens (primary N) is 1. The quantitative estimate of drug-likeness (QED) is 0.797. The Balaban J connectivity index is 2.76. The fourth-order valence-corrected chi connectivity index (χ4v) is 2.14. The summed E-state index contributed by atoms with van der Waals surface area (Å²) < 4.78 is 2.18. The van der Waals surface area contributed by atoms with Gasteiger partial charge in [0.05, 0.1) is 0 Å². The Bertz CT molecular complexity index is 480. The van der Waals surface area contributed by atoms with Crippen LogP contribution in [-0.2, 0) is 13.6 Å². The number of aromatic nitrogens is 1. The van der Waals surface area contributed by atoms with Gasteiger partial charge in [0.1, 0.15) is 0 Å². The van der Waals surface area contributed by atoms with Gasteiger partial charge < -0.3 is 10.3 Å². The smallest absolute Gasteiger partial charge is 0.0483 e. The van der Waals surface area contributed by atoms with Crippen LogP contribution in [0.3, 0.4) is 0 Å². The van der Waals surface area contributed by atoms with Crippen molar-refractivity contribution in [3.8, 4) is 0 Å². The van der Waals surface area contributed by atoms with Crippen LogP contribution < -0.4 is 5.73 Å². The summed E-state index contributed by atoms with van der Waals surface area (Å²) in [4.78, 5) is 0. The maximum absolute atomic E-state index is 5.72. The molecule has 0 fully saturated rings. The van der Waals surface area contributed by atoms with Crippen molar-refractivity contribution in [3.05, 3.63) is 35.5 Å². The Morgan fingerprint density at radius 1 is 1.33 bits per heavy atom. The number of hydrogen-bond donors (Lipinski definition) is 1. The Morgan fingerprint density at radius 2 is 2.07 bits per heavy atom. The van der Waals surface area contributed by atoms with Crippen molar-refractivity contribution in [2.45, 2.75) is 26.3 Å². The molecule has 2 rings (SSSR count). The molecule has 0 aliphatic rings. The molecule has 1 aromatic heterocycles. The number of aryl methyl sites for hydroxylation is 1. The molecule has 0 unspecified atom stereocenters. The van der Waals surface area contributed by atoms with E-state index in [2.05, 4.69) is 49.7 Å². The molecule has 0 radical (unpaired) electrons. The lowest BCUT2D eigenvalue weighted by Crippen LogP contribution is -2.02. The number of nitrogens with zero attached hydrogens (tertiary/aromatic N) is 1. The molecule has 2 N–H and O–H groups in total. The Kier molecular flexibility index (Phi) is 2.53. The topological polar surface area (TPSA) is 30.9 Å². The molecule has 0 aliphatic carbocycles. The van der Waals surface area contributed by atoms with Gasteiger partial charge in [0.15, 0.2) is 0 Å². The van der Waals surface area contributed by atoms with Crippen LogP contribution in [0.5, 0.6) is 0 Å². The van der Waals surface area contributed by atoms with Crippen molar-refractivity contribution in [2.75, 3.05) is 0 Å². The third-order valence-corrected chi connectivity index (χ3v) is 3.05. The second-order valence-electron chi connectivity index (χ2n) is 4.33. The fraction of sp³-hybridized carbons (Fsp3) is 0.385. The minimum atomic E-state index is 0.557. The minimum Gasteiger partial charge on any atom is -0.346 e. The molecule has 1 heterocycles. The van der Waals surface area contributed by atoms with E-state index in [1.54, 1.807) is 0 Å². The van der Waals surface area contributed by atoms with Gasteiger partial charge in [-0.05, 0) is 23.6 Å². The van der Waals surface area contributed by atoms with Crippen molar-refractivity contribution in [1.82, 2.24) is 4.57 Å². The summed E-state index contributed by atoms with van der Waals surface area (Å²) in [5.41, 5.74) is 9.60. The summed E-state index contributed by atoms with van der Waals surface area (Å²) in [7, 11) is 2.08. The van der Waals surface area contributed by atoms with Gasteiger partial charge in [0.2, 0.25) is 0 Å². The van der Waals surface area contributed by atoms with Crippen LogP contribution in [0.1, 0.15) is 31.0 Å². The Labute approximate surface area is 90.7 Å². The highest BCUT2D eigenvalue weighted by molar-refractivity contribution is 5.85. The molecule has 2 nitrogen and oxygen atoms in total. The molecule has 0 aliphatic heterocycles. The summed E-state index contributed by atoms with van der Waals surface area (Å²) in [6.45, 7) is 5.05. The first-order valence-corrected chi connectivity index (χ1v) is 5.42. The zero-order valence-electron chi connectivity index (χ0n) is 9.62. The van der Waals surface area contributed by atoms with Crippen LogP contribution in [0.25, 0.3) is 10.9 Å². The molecule has 2 heteroatoms. The highest BCUT2D eigenvalue weighted by Crippen LogP contribution is 2.27. The Hall–Kier alpha value is -1.28. The largest absolute Gasteiger partial charge is 0.346 e. The molecule has 15 heavy (non-hydrogen) atoms. The van der Waals surface area contributed by atoms with Gasteiger partial charge in [0, 0.05) is 30.2 Å². The van der Waals surface area contributed by atoms with E-state index in [4.69, 9.17) is 5.73 Å². The molecule has 0 saturated carbocycles. The third kappa shape index (κ3) is 1.55. The van der Waals surface area contributed by atoms with Crippen molar-refractivity contribution in [2.24, 2.45) is 12.8 Å². The summed E-state index contributed by atoms with van der Waals surface area (Å²) in [6.07, 6.45) is 0.